The number of carboxylic acid groups (broad SMARTS) is 2. The van der Waals surface area contributed by atoms with Gasteiger partial charge < -0.3 is 14.9 Å². The van der Waals surface area contributed by atoms with Gasteiger partial charge in [0.15, 0.2) is 0 Å². The Hall–Kier alpha value is -1.84. The van der Waals surface area contributed by atoms with Gasteiger partial charge in [0.1, 0.15) is 16.7 Å². The molecule has 0 saturated carbocycles. The lowest BCUT2D eigenvalue weighted by molar-refractivity contribution is -0.145. The van der Waals surface area contributed by atoms with Gasteiger partial charge in [-0.15, -0.1) is 0 Å². The molecular formula is C11H12ClNO7S. The van der Waals surface area contributed by atoms with Crippen LogP contribution in [0, 0.1) is 0 Å². The smallest absolute Gasteiger partial charge is 0.322 e. The Labute approximate surface area is 125 Å². The summed E-state index contributed by atoms with van der Waals surface area (Å²) in [6.45, 7) is 0. The van der Waals surface area contributed by atoms with Crippen molar-refractivity contribution in [3.63, 3.8) is 0 Å². The standard InChI is InChI=1S/C11H12ClNO7S/c1-20-8-4-6(12)2-3-9(8)21(18,19)13-7(11(16)17)5-10(14)15/h2-4,7,13H,5H2,1H3,(H,14,15)(H,16,17)/t7-/m1/s1. The van der Waals surface area contributed by atoms with Crippen LogP contribution in [0.25, 0.3) is 0 Å². The van der Waals surface area contributed by atoms with Crippen LogP contribution < -0.4 is 9.46 Å². The van der Waals surface area contributed by atoms with Crippen molar-refractivity contribution < 1.29 is 33.0 Å². The molecular weight excluding hydrogens is 326 g/mol. The highest BCUT2D eigenvalue weighted by atomic mass is 35.5. The zero-order valence-corrected chi connectivity index (χ0v) is 12.3. The van der Waals surface area contributed by atoms with Gasteiger partial charge in [-0.1, -0.05) is 11.6 Å². The number of hydrogen-bond acceptors (Lipinski definition) is 5. The molecule has 0 aliphatic rings. The van der Waals surface area contributed by atoms with E-state index in [1.807, 2.05) is 0 Å². The fourth-order valence-electron chi connectivity index (χ4n) is 1.47. The number of carboxylic acids is 2. The topological polar surface area (TPSA) is 130 Å². The van der Waals surface area contributed by atoms with Gasteiger partial charge in [-0.25, -0.2) is 8.42 Å². The summed E-state index contributed by atoms with van der Waals surface area (Å²) in [6, 6.07) is 1.85. The molecule has 0 aromatic heterocycles. The minimum absolute atomic E-state index is 0.0885. The van der Waals surface area contributed by atoms with Gasteiger partial charge in [-0.05, 0) is 12.1 Å². The highest BCUT2D eigenvalue weighted by Gasteiger charge is 2.29. The van der Waals surface area contributed by atoms with Gasteiger partial charge in [-0.2, -0.15) is 4.72 Å². The SMILES string of the molecule is COc1cc(Cl)ccc1S(=O)(=O)N[C@H](CC(=O)O)C(=O)O. The predicted molar refractivity (Wildman–Crippen MR) is 72.0 cm³/mol. The van der Waals surface area contributed by atoms with Crippen molar-refractivity contribution in [3.8, 4) is 5.75 Å². The van der Waals surface area contributed by atoms with Crippen LogP contribution >= 0.6 is 11.6 Å². The number of nitrogens with one attached hydrogen (secondary N) is 1. The highest BCUT2D eigenvalue weighted by Crippen LogP contribution is 2.27. The number of ether oxygens (including phenoxy) is 1. The van der Waals surface area contributed by atoms with Crippen LogP contribution in [0.2, 0.25) is 5.02 Å². The first-order chi connectivity index (χ1) is 9.67. The fourth-order valence-corrected chi connectivity index (χ4v) is 2.97. The minimum atomic E-state index is -4.29. The number of halogens is 1. The second-order valence-electron chi connectivity index (χ2n) is 3.91. The van der Waals surface area contributed by atoms with Gasteiger partial charge in [0, 0.05) is 11.1 Å². The Kier molecular flexibility index (Phi) is 5.53. The lowest BCUT2D eigenvalue weighted by atomic mass is 10.2. The first-order valence-corrected chi connectivity index (χ1v) is 7.34. The van der Waals surface area contributed by atoms with Gasteiger partial charge in [0.2, 0.25) is 10.0 Å². The van der Waals surface area contributed by atoms with Crippen molar-refractivity contribution >= 4 is 33.6 Å². The van der Waals surface area contributed by atoms with E-state index in [1.54, 1.807) is 4.72 Å². The lowest BCUT2D eigenvalue weighted by Crippen LogP contribution is -2.42. The zero-order chi connectivity index (χ0) is 16.2. The van der Waals surface area contributed by atoms with Crippen LogP contribution in [-0.2, 0) is 19.6 Å². The molecule has 0 heterocycles. The molecule has 8 nitrogen and oxygen atoms in total. The third kappa shape index (κ3) is 4.59. The molecule has 0 aliphatic carbocycles. The van der Waals surface area contributed by atoms with Crippen LogP contribution in [0.1, 0.15) is 6.42 Å². The van der Waals surface area contributed by atoms with E-state index < -0.39 is 34.4 Å². The summed E-state index contributed by atoms with van der Waals surface area (Å²) in [4.78, 5) is 21.1. The van der Waals surface area contributed by atoms with E-state index in [-0.39, 0.29) is 15.7 Å². The summed E-state index contributed by atoms with van der Waals surface area (Å²) >= 11 is 5.70. The summed E-state index contributed by atoms with van der Waals surface area (Å²) < 4.78 is 30.9. The lowest BCUT2D eigenvalue weighted by Gasteiger charge is -2.15. The Morgan fingerprint density at radius 1 is 1.38 bits per heavy atom. The second-order valence-corrected chi connectivity index (χ2v) is 6.02. The molecule has 0 bridgehead atoms. The van der Waals surface area contributed by atoms with Crippen LogP contribution in [0.5, 0.6) is 5.75 Å². The quantitative estimate of drug-likeness (QED) is 0.662. The Morgan fingerprint density at radius 3 is 2.48 bits per heavy atom. The molecule has 0 aliphatic heterocycles. The van der Waals surface area contributed by atoms with Crippen molar-refractivity contribution in [1.82, 2.24) is 4.72 Å². The molecule has 1 aromatic carbocycles. The molecule has 0 radical (unpaired) electrons. The number of rotatable bonds is 7. The number of carbonyl (C=O) groups is 2. The molecule has 10 heteroatoms. The van der Waals surface area contributed by atoms with E-state index >= 15 is 0 Å². The second kappa shape index (κ2) is 6.74. The average Bonchev–Trinajstić information content (AvgIpc) is 2.36. The molecule has 3 N–H and O–H groups in total. The Balaban J connectivity index is 3.16. The summed E-state index contributed by atoms with van der Waals surface area (Å²) in [5, 5.41) is 17.7. The van der Waals surface area contributed by atoms with Gasteiger partial charge >= 0.3 is 11.9 Å². The Morgan fingerprint density at radius 2 is 2.00 bits per heavy atom. The van der Waals surface area contributed by atoms with E-state index in [4.69, 9.17) is 26.6 Å². The highest BCUT2D eigenvalue weighted by molar-refractivity contribution is 7.89. The van der Waals surface area contributed by atoms with E-state index in [0.717, 1.165) is 6.07 Å². The van der Waals surface area contributed by atoms with Crippen LogP contribution in [-0.4, -0.2) is 43.7 Å². The van der Waals surface area contributed by atoms with E-state index in [2.05, 4.69) is 0 Å². The molecule has 116 valence electrons. The van der Waals surface area contributed by atoms with Crippen molar-refractivity contribution in [2.24, 2.45) is 0 Å². The number of hydrogen-bond donors (Lipinski definition) is 3. The van der Waals surface area contributed by atoms with Crippen molar-refractivity contribution in [1.29, 1.82) is 0 Å². The van der Waals surface area contributed by atoms with Crippen molar-refractivity contribution in [3.05, 3.63) is 23.2 Å². The van der Waals surface area contributed by atoms with Crippen molar-refractivity contribution in [2.45, 2.75) is 17.4 Å². The van der Waals surface area contributed by atoms with Gasteiger partial charge in [-0.3, -0.25) is 9.59 Å². The molecule has 0 fully saturated rings. The Bertz CT molecular complexity index is 659. The molecule has 21 heavy (non-hydrogen) atoms. The number of aliphatic carboxylic acids is 2. The fraction of sp³-hybridized carbons (Fsp3) is 0.273. The van der Waals surface area contributed by atoms with Crippen LogP contribution in [0.3, 0.4) is 0 Å². The molecule has 0 spiro atoms. The van der Waals surface area contributed by atoms with E-state index in [1.165, 1.54) is 19.2 Å². The molecule has 1 atom stereocenters. The summed E-state index contributed by atoms with van der Waals surface area (Å²) in [7, 11) is -3.07. The van der Waals surface area contributed by atoms with Crippen LogP contribution in [0.4, 0.5) is 0 Å². The maximum absolute atomic E-state index is 12.1. The number of benzene rings is 1. The monoisotopic (exact) mass is 337 g/mol. The predicted octanol–water partition coefficient (Wildman–Crippen LogP) is 0.555. The molecule has 1 rings (SSSR count). The van der Waals surface area contributed by atoms with Crippen molar-refractivity contribution in [2.75, 3.05) is 7.11 Å². The molecule has 0 amide bonds. The minimum Gasteiger partial charge on any atom is -0.495 e. The first kappa shape index (κ1) is 17.2. The molecule has 1 aromatic rings. The molecule has 0 saturated heterocycles. The maximum atomic E-state index is 12.1. The zero-order valence-electron chi connectivity index (χ0n) is 10.7. The summed E-state index contributed by atoms with van der Waals surface area (Å²) in [5.74, 6) is -3.14. The molecule has 0 unspecified atom stereocenters. The van der Waals surface area contributed by atoms with E-state index in [9.17, 15) is 18.0 Å². The van der Waals surface area contributed by atoms with Crippen LogP contribution in [0.15, 0.2) is 23.1 Å². The van der Waals surface area contributed by atoms with E-state index in [0.29, 0.717) is 0 Å². The average molecular weight is 338 g/mol. The summed E-state index contributed by atoms with van der Waals surface area (Å²) in [6.07, 6.45) is -0.898. The largest absolute Gasteiger partial charge is 0.495 e. The number of sulfonamides is 1. The first-order valence-electron chi connectivity index (χ1n) is 5.48. The third-order valence-electron chi connectivity index (χ3n) is 2.39. The van der Waals surface area contributed by atoms with Gasteiger partial charge in [0.05, 0.1) is 13.5 Å². The summed E-state index contributed by atoms with van der Waals surface area (Å²) in [5.41, 5.74) is 0. The number of methoxy groups -OCH3 is 1. The third-order valence-corrected chi connectivity index (χ3v) is 4.14. The normalized spacial score (nSPS) is 12.7. The van der Waals surface area contributed by atoms with Gasteiger partial charge in [0.25, 0.3) is 0 Å². The maximum Gasteiger partial charge on any atom is 0.322 e.